The van der Waals surface area contributed by atoms with Crippen LogP contribution in [0.5, 0.6) is 0 Å². The van der Waals surface area contributed by atoms with Crippen molar-refractivity contribution in [1.29, 1.82) is 0 Å². The molecule has 0 aliphatic heterocycles. The molecular formula is C14H12F2N2O. The van der Waals surface area contributed by atoms with E-state index in [9.17, 15) is 13.6 Å². The predicted octanol–water partition coefficient (Wildman–Crippen LogP) is 3.11. The van der Waals surface area contributed by atoms with Crippen LogP contribution < -0.4 is 11.1 Å². The van der Waals surface area contributed by atoms with Gasteiger partial charge in [0.1, 0.15) is 11.6 Å². The molecule has 19 heavy (non-hydrogen) atoms. The van der Waals surface area contributed by atoms with E-state index in [0.29, 0.717) is 5.56 Å². The van der Waals surface area contributed by atoms with Gasteiger partial charge in [0.15, 0.2) is 0 Å². The molecule has 0 aromatic heterocycles. The standard InChI is InChI=1S/C14H12F2N2O/c1-8-4-9(6-11(16)5-8)14(19)18-13-7-10(15)2-3-12(13)17/h2-7H,17H2,1H3,(H,18,19). The highest BCUT2D eigenvalue weighted by atomic mass is 19.1. The molecule has 0 aliphatic carbocycles. The molecule has 2 aromatic rings. The summed E-state index contributed by atoms with van der Waals surface area (Å²) in [6.45, 7) is 1.68. The lowest BCUT2D eigenvalue weighted by molar-refractivity contribution is 0.102. The summed E-state index contributed by atoms with van der Waals surface area (Å²) in [5.74, 6) is -1.56. The number of rotatable bonds is 2. The Hall–Kier alpha value is -2.43. The third-order valence-electron chi connectivity index (χ3n) is 2.57. The van der Waals surface area contributed by atoms with Gasteiger partial charge in [-0.05, 0) is 48.9 Å². The molecule has 3 N–H and O–H groups in total. The summed E-state index contributed by atoms with van der Waals surface area (Å²) in [4.78, 5) is 11.9. The number of benzene rings is 2. The predicted molar refractivity (Wildman–Crippen MR) is 69.9 cm³/mol. The Kier molecular flexibility index (Phi) is 3.46. The molecule has 0 aliphatic rings. The van der Waals surface area contributed by atoms with E-state index in [0.717, 1.165) is 12.1 Å². The van der Waals surface area contributed by atoms with Crippen LogP contribution >= 0.6 is 0 Å². The molecule has 2 rings (SSSR count). The Bertz CT molecular complexity index is 621. The van der Waals surface area contributed by atoms with E-state index in [2.05, 4.69) is 5.32 Å². The fourth-order valence-corrected chi connectivity index (χ4v) is 1.70. The molecule has 98 valence electrons. The molecule has 0 radical (unpaired) electrons. The van der Waals surface area contributed by atoms with Crippen LogP contribution in [-0.2, 0) is 0 Å². The number of amides is 1. The van der Waals surface area contributed by atoms with Crippen molar-refractivity contribution in [3.05, 3.63) is 59.2 Å². The average Bonchev–Trinajstić information content (AvgIpc) is 2.32. The minimum Gasteiger partial charge on any atom is -0.397 e. The molecule has 3 nitrogen and oxygen atoms in total. The van der Waals surface area contributed by atoms with Crippen LogP contribution in [-0.4, -0.2) is 5.91 Å². The molecule has 0 heterocycles. The van der Waals surface area contributed by atoms with E-state index in [1.165, 1.54) is 24.3 Å². The highest BCUT2D eigenvalue weighted by molar-refractivity contribution is 6.05. The van der Waals surface area contributed by atoms with Gasteiger partial charge < -0.3 is 11.1 Å². The highest BCUT2D eigenvalue weighted by Gasteiger charge is 2.10. The summed E-state index contributed by atoms with van der Waals surface area (Å²) in [6.07, 6.45) is 0. The first kappa shape index (κ1) is 13.0. The summed E-state index contributed by atoms with van der Waals surface area (Å²) < 4.78 is 26.3. The van der Waals surface area contributed by atoms with E-state index >= 15 is 0 Å². The molecule has 2 aromatic carbocycles. The Morgan fingerprint density at radius 3 is 2.53 bits per heavy atom. The summed E-state index contributed by atoms with van der Waals surface area (Å²) in [5, 5.41) is 2.45. The van der Waals surface area contributed by atoms with Gasteiger partial charge in [-0.3, -0.25) is 4.79 Å². The Morgan fingerprint density at radius 2 is 1.84 bits per heavy atom. The first-order chi connectivity index (χ1) is 8.95. The van der Waals surface area contributed by atoms with Gasteiger partial charge in [-0.15, -0.1) is 0 Å². The number of aryl methyl sites for hydroxylation is 1. The molecule has 0 unspecified atom stereocenters. The van der Waals surface area contributed by atoms with Gasteiger partial charge in [0, 0.05) is 5.56 Å². The molecular weight excluding hydrogens is 250 g/mol. The van der Waals surface area contributed by atoms with Crippen LogP contribution in [0.15, 0.2) is 36.4 Å². The quantitative estimate of drug-likeness (QED) is 0.817. The van der Waals surface area contributed by atoms with Crippen molar-refractivity contribution < 1.29 is 13.6 Å². The van der Waals surface area contributed by atoms with Gasteiger partial charge in [-0.25, -0.2) is 8.78 Å². The average molecular weight is 262 g/mol. The van der Waals surface area contributed by atoms with Gasteiger partial charge in [-0.2, -0.15) is 0 Å². The number of nitrogens with two attached hydrogens (primary N) is 1. The molecule has 0 bridgehead atoms. The number of nitrogens with one attached hydrogen (secondary N) is 1. The third kappa shape index (κ3) is 3.07. The fourth-order valence-electron chi connectivity index (χ4n) is 1.70. The first-order valence-corrected chi connectivity index (χ1v) is 5.59. The van der Waals surface area contributed by atoms with Gasteiger partial charge in [0.05, 0.1) is 11.4 Å². The number of carbonyl (C=O) groups excluding carboxylic acids is 1. The zero-order valence-corrected chi connectivity index (χ0v) is 10.2. The topological polar surface area (TPSA) is 55.1 Å². The SMILES string of the molecule is Cc1cc(F)cc(C(=O)Nc2cc(F)ccc2N)c1. The number of nitrogen functional groups attached to an aromatic ring is 1. The van der Waals surface area contributed by atoms with Gasteiger partial charge in [0.2, 0.25) is 0 Å². The third-order valence-corrected chi connectivity index (χ3v) is 2.57. The Balaban J connectivity index is 2.28. The van der Waals surface area contributed by atoms with Gasteiger partial charge in [-0.1, -0.05) is 0 Å². The summed E-state index contributed by atoms with van der Waals surface area (Å²) in [5.41, 5.74) is 6.79. The van der Waals surface area contributed by atoms with E-state index in [4.69, 9.17) is 5.73 Å². The molecule has 0 atom stereocenters. The van der Waals surface area contributed by atoms with E-state index in [1.807, 2.05) is 0 Å². The summed E-state index contributed by atoms with van der Waals surface area (Å²) in [7, 11) is 0. The first-order valence-electron chi connectivity index (χ1n) is 5.59. The molecule has 0 spiro atoms. The molecule has 1 amide bonds. The number of hydrogen-bond donors (Lipinski definition) is 2. The van der Waals surface area contributed by atoms with Gasteiger partial charge >= 0.3 is 0 Å². The number of anilines is 2. The zero-order valence-electron chi connectivity index (χ0n) is 10.2. The van der Waals surface area contributed by atoms with Crippen LogP contribution in [0, 0.1) is 18.6 Å². The van der Waals surface area contributed by atoms with Crippen LogP contribution in [0.2, 0.25) is 0 Å². The minimum absolute atomic E-state index is 0.154. The number of hydrogen-bond acceptors (Lipinski definition) is 2. The smallest absolute Gasteiger partial charge is 0.255 e. The molecule has 0 fully saturated rings. The number of halogens is 2. The van der Waals surface area contributed by atoms with Crippen molar-refractivity contribution in [3.8, 4) is 0 Å². The highest BCUT2D eigenvalue weighted by Crippen LogP contribution is 2.20. The minimum atomic E-state index is -0.542. The van der Waals surface area contributed by atoms with Crippen LogP contribution in [0.3, 0.4) is 0 Å². The second-order valence-electron chi connectivity index (χ2n) is 4.20. The lowest BCUT2D eigenvalue weighted by Gasteiger charge is -2.09. The molecule has 5 heteroatoms. The second-order valence-corrected chi connectivity index (χ2v) is 4.20. The Labute approximate surface area is 109 Å². The lowest BCUT2D eigenvalue weighted by Crippen LogP contribution is -2.14. The molecule has 0 saturated carbocycles. The van der Waals surface area contributed by atoms with Crippen molar-refractivity contribution in [2.45, 2.75) is 6.92 Å². The number of carbonyl (C=O) groups is 1. The second kappa shape index (κ2) is 5.06. The van der Waals surface area contributed by atoms with E-state index in [-0.39, 0.29) is 16.9 Å². The van der Waals surface area contributed by atoms with Crippen LogP contribution in [0.4, 0.5) is 20.2 Å². The largest absolute Gasteiger partial charge is 0.397 e. The molecule has 0 saturated heterocycles. The Morgan fingerprint density at radius 1 is 1.11 bits per heavy atom. The lowest BCUT2D eigenvalue weighted by atomic mass is 10.1. The van der Waals surface area contributed by atoms with Crippen molar-refractivity contribution in [2.75, 3.05) is 11.1 Å². The maximum atomic E-state index is 13.2. The monoisotopic (exact) mass is 262 g/mol. The maximum Gasteiger partial charge on any atom is 0.255 e. The van der Waals surface area contributed by atoms with Crippen molar-refractivity contribution >= 4 is 17.3 Å². The normalized spacial score (nSPS) is 10.3. The summed E-state index contributed by atoms with van der Waals surface area (Å²) >= 11 is 0. The van der Waals surface area contributed by atoms with E-state index < -0.39 is 17.5 Å². The van der Waals surface area contributed by atoms with Crippen molar-refractivity contribution in [2.24, 2.45) is 0 Å². The fraction of sp³-hybridized carbons (Fsp3) is 0.0714. The zero-order chi connectivity index (χ0) is 14.0. The summed E-state index contributed by atoms with van der Waals surface area (Å²) in [6, 6.07) is 7.61. The maximum absolute atomic E-state index is 13.2. The van der Waals surface area contributed by atoms with Crippen LogP contribution in [0.25, 0.3) is 0 Å². The van der Waals surface area contributed by atoms with Crippen molar-refractivity contribution in [1.82, 2.24) is 0 Å². The van der Waals surface area contributed by atoms with Crippen LogP contribution in [0.1, 0.15) is 15.9 Å². The van der Waals surface area contributed by atoms with E-state index in [1.54, 1.807) is 6.92 Å². The van der Waals surface area contributed by atoms with Gasteiger partial charge in [0.25, 0.3) is 5.91 Å². The van der Waals surface area contributed by atoms with Crippen molar-refractivity contribution in [3.63, 3.8) is 0 Å².